The fourth-order valence-electron chi connectivity index (χ4n) is 2.91. The maximum absolute atomic E-state index is 12.9. The van der Waals surface area contributed by atoms with Crippen molar-refractivity contribution in [3.05, 3.63) is 94.3 Å². The zero-order chi connectivity index (χ0) is 20.2. The predicted octanol–water partition coefficient (Wildman–Crippen LogP) is 3.98. The fraction of sp³-hybridized carbons (Fsp3) is 0.0455. The van der Waals surface area contributed by atoms with E-state index in [0.29, 0.717) is 16.1 Å². The Kier molecular flexibility index (Phi) is 5.22. The summed E-state index contributed by atoms with van der Waals surface area (Å²) in [5.41, 5.74) is 8.40. The quantitative estimate of drug-likeness (QED) is 0.507. The first kappa shape index (κ1) is 18.6. The van der Waals surface area contributed by atoms with Gasteiger partial charge in [-0.1, -0.05) is 48.5 Å². The van der Waals surface area contributed by atoms with Gasteiger partial charge in [0.15, 0.2) is 0 Å². The summed E-state index contributed by atoms with van der Waals surface area (Å²) in [5, 5.41) is 6.44. The Labute approximate surface area is 171 Å². The Morgan fingerprint density at radius 2 is 1.55 bits per heavy atom. The molecule has 0 unspecified atom stereocenters. The van der Waals surface area contributed by atoms with Crippen LogP contribution in [0.25, 0.3) is 16.9 Å². The number of benzene rings is 2. The van der Waals surface area contributed by atoms with Crippen LogP contribution in [0.15, 0.2) is 78.3 Å². The molecular weight excluding hydrogens is 384 g/mol. The Morgan fingerprint density at radius 1 is 0.897 bits per heavy atom. The normalized spacial score (nSPS) is 10.5. The fourth-order valence-corrected chi connectivity index (χ4v) is 3.73. The number of para-hydroxylation sites is 1. The van der Waals surface area contributed by atoms with Gasteiger partial charge in [0.2, 0.25) is 0 Å². The Bertz CT molecular complexity index is 1150. The van der Waals surface area contributed by atoms with Crippen molar-refractivity contribution in [1.82, 2.24) is 20.6 Å². The Balaban J connectivity index is 1.63. The van der Waals surface area contributed by atoms with Crippen molar-refractivity contribution in [2.24, 2.45) is 0 Å². The molecule has 0 atom stereocenters. The number of hydrogen-bond donors (Lipinski definition) is 2. The standard InChI is InChI=1S/C22H18N4O2S/c1-15-12-13-29-20(15)22(28)24-23-21(27)18-14-26(17-10-6-3-7-11-17)25-19(18)16-8-4-2-5-9-16/h2-14H,1H3,(H,23,27)(H,24,28). The lowest BCUT2D eigenvalue weighted by molar-refractivity contribution is 0.0849. The summed E-state index contributed by atoms with van der Waals surface area (Å²) in [6.07, 6.45) is 1.66. The van der Waals surface area contributed by atoms with Crippen LogP contribution in [0.4, 0.5) is 0 Å². The molecule has 2 aromatic carbocycles. The summed E-state index contributed by atoms with van der Waals surface area (Å²) in [5.74, 6) is -0.781. The highest BCUT2D eigenvalue weighted by atomic mass is 32.1. The summed E-state index contributed by atoms with van der Waals surface area (Å²) in [6, 6.07) is 20.9. The highest BCUT2D eigenvalue weighted by molar-refractivity contribution is 7.12. The van der Waals surface area contributed by atoms with E-state index in [1.165, 1.54) is 11.3 Å². The lowest BCUT2D eigenvalue weighted by atomic mass is 10.1. The highest BCUT2D eigenvalue weighted by Gasteiger charge is 2.20. The molecule has 2 amide bonds. The molecule has 0 radical (unpaired) electrons. The first-order chi connectivity index (χ1) is 14.1. The average Bonchev–Trinajstić information content (AvgIpc) is 3.40. The van der Waals surface area contributed by atoms with E-state index in [0.717, 1.165) is 16.8 Å². The number of carbonyl (C=O) groups excluding carboxylic acids is 2. The molecule has 0 saturated carbocycles. The second-order valence-electron chi connectivity index (χ2n) is 6.38. The molecule has 4 rings (SSSR count). The summed E-state index contributed by atoms with van der Waals surface area (Å²) in [7, 11) is 0. The number of amides is 2. The summed E-state index contributed by atoms with van der Waals surface area (Å²) in [6.45, 7) is 1.85. The van der Waals surface area contributed by atoms with Crippen LogP contribution in [0.2, 0.25) is 0 Å². The van der Waals surface area contributed by atoms with Gasteiger partial charge in [-0.05, 0) is 36.1 Å². The largest absolute Gasteiger partial charge is 0.280 e. The smallest absolute Gasteiger partial charge is 0.267 e. The minimum atomic E-state index is -0.436. The van der Waals surface area contributed by atoms with Crippen molar-refractivity contribution in [3.8, 4) is 16.9 Å². The number of aromatic nitrogens is 2. The molecule has 2 heterocycles. The van der Waals surface area contributed by atoms with Gasteiger partial charge < -0.3 is 0 Å². The predicted molar refractivity (Wildman–Crippen MR) is 113 cm³/mol. The molecule has 6 nitrogen and oxygen atoms in total. The van der Waals surface area contributed by atoms with Gasteiger partial charge in [0.05, 0.1) is 16.1 Å². The lowest BCUT2D eigenvalue weighted by Gasteiger charge is -2.07. The van der Waals surface area contributed by atoms with Crippen molar-refractivity contribution in [1.29, 1.82) is 0 Å². The molecule has 0 fully saturated rings. The van der Waals surface area contributed by atoms with Crippen molar-refractivity contribution in [2.75, 3.05) is 0 Å². The van der Waals surface area contributed by atoms with Gasteiger partial charge in [0, 0.05) is 11.8 Å². The van der Waals surface area contributed by atoms with Crippen LogP contribution in [0, 0.1) is 6.92 Å². The summed E-state index contributed by atoms with van der Waals surface area (Å²) >= 11 is 1.33. The molecule has 0 aliphatic rings. The van der Waals surface area contributed by atoms with E-state index >= 15 is 0 Å². The Hall–Kier alpha value is -3.71. The van der Waals surface area contributed by atoms with Gasteiger partial charge >= 0.3 is 0 Å². The Morgan fingerprint density at radius 3 is 2.21 bits per heavy atom. The van der Waals surface area contributed by atoms with Crippen molar-refractivity contribution >= 4 is 23.2 Å². The molecule has 0 aliphatic carbocycles. The summed E-state index contributed by atoms with van der Waals surface area (Å²) in [4.78, 5) is 25.7. The maximum atomic E-state index is 12.9. The number of rotatable bonds is 4. The van der Waals surface area contributed by atoms with Crippen LogP contribution < -0.4 is 10.9 Å². The third-order valence-electron chi connectivity index (χ3n) is 4.38. The monoisotopic (exact) mass is 402 g/mol. The van der Waals surface area contributed by atoms with Crippen molar-refractivity contribution < 1.29 is 9.59 Å². The topological polar surface area (TPSA) is 76.0 Å². The minimum absolute atomic E-state index is 0.345. The van der Waals surface area contributed by atoms with E-state index in [9.17, 15) is 9.59 Å². The third kappa shape index (κ3) is 3.95. The summed E-state index contributed by atoms with van der Waals surface area (Å²) < 4.78 is 1.66. The van der Waals surface area contributed by atoms with Gasteiger partial charge in [-0.25, -0.2) is 4.68 Å². The van der Waals surface area contributed by atoms with Gasteiger partial charge in [-0.3, -0.25) is 20.4 Å². The molecule has 2 N–H and O–H groups in total. The first-order valence-corrected chi connectivity index (χ1v) is 9.87. The highest BCUT2D eigenvalue weighted by Crippen LogP contribution is 2.23. The molecule has 0 bridgehead atoms. The van der Waals surface area contributed by atoms with Crippen LogP contribution in [0.3, 0.4) is 0 Å². The van der Waals surface area contributed by atoms with Crippen LogP contribution in [-0.2, 0) is 0 Å². The van der Waals surface area contributed by atoms with Gasteiger partial charge in [-0.2, -0.15) is 5.10 Å². The van der Waals surface area contributed by atoms with Crippen LogP contribution in [0.5, 0.6) is 0 Å². The maximum Gasteiger partial charge on any atom is 0.280 e. The zero-order valence-electron chi connectivity index (χ0n) is 15.6. The number of hydrogen-bond acceptors (Lipinski definition) is 4. The number of carbonyl (C=O) groups is 2. The SMILES string of the molecule is Cc1ccsc1C(=O)NNC(=O)c1cn(-c2ccccc2)nc1-c1ccccc1. The number of thiophene rings is 1. The number of aryl methyl sites for hydroxylation is 1. The van der Waals surface area contributed by atoms with E-state index in [1.807, 2.05) is 79.0 Å². The number of nitrogens with one attached hydrogen (secondary N) is 2. The molecule has 7 heteroatoms. The average molecular weight is 402 g/mol. The van der Waals surface area contributed by atoms with Gasteiger partial charge in [-0.15, -0.1) is 11.3 Å². The van der Waals surface area contributed by atoms with E-state index in [4.69, 9.17) is 0 Å². The van der Waals surface area contributed by atoms with E-state index in [-0.39, 0.29) is 5.91 Å². The second-order valence-corrected chi connectivity index (χ2v) is 7.29. The molecule has 4 aromatic rings. The second kappa shape index (κ2) is 8.12. The van der Waals surface area contributed by atoms with Gasteiger partial charge in [0.25, 0.3) is 11.8 Å². The van der Waals surface area contributed by atoms with E-state index in [1.54, 1.807) is 10.9 Å². The number of hydrazine groups is 1. The molecular formula is C22H18N4O2S. The van der Waals surface area contributed by atoms with Crippen molar-refractivity contribution in [2.45, 2.75) is 6.92 Å². The molecule has 29 heavy (non-hydrogen) atoms. The molecule has 0 spiro atoms. The number of nitrogens with zero attached hydrogens (tertiary/aromatic N) is 2. The van der Waals surface area contributed by atoms with Crippen LogP contribution >= 0.6 is 11.3 Å². The molecule has 0 aliphatic heterocycles. The van der Waals surface area contributed by atoms with Gasteiger partial charge in [0.1, 0.15) is 5.69 Å². The van der Waals surface area contributed by atoms with Crippen molar-refractivity contribution in [3.63, 3.8) is 0 Å². The first-order valence-electron chi connectivity index (χ1n) is 8.99. The molecule has 2 aromatic heterocycles. The van der Waals surface area contributed by atoms with Crippen LogP contribution in [0.1, 0.15) is 25.6 Å². The lowest BCUT2D eigenvalue weighted by Crippen LogP contribution is -2.41. The van der Waals surface area contributed by atoms with E-state index in [2.05, 4.69) is 16.0 Å². The minimum Gasteiger partial charge on any atom is -0.267 e. The zero-order valence-corrected chi connectivity index (χ0v) is 16.4. The molecule has 0 saturated heterocycles. The van der Waals surface area contributed by atoms with E-state index < -0.39 is 5.91 Å². The molecule has 144 valence electrons. The van der Waals surface area contributed by atoms with Crippen LogP contribution in [-0.4, -0.2) is 21.6 Å². The third-order valence-corrected chi connectivity index (χ3v) is 5.40.